The van der Waals surface area contributed by atoms with Gasteiger partial charge in [-0.25, -0.2) is 0 Å². The number of carbonyl (C=O) groups excluding carboxylic acids is 1. The van der Waals surface area contributed by atoms with Crippen LogP contribution in [-0.2, 0) is 13.0 Å². The molecule has 0 heterocycles. The van der Waals surface area contributed by atoms with E-state index < -0.39 is 0 Å². The van der Waals surface area contributed by atoms with Crippen LogP contribution in [0.3, 0.4) is 0 Å². The van der Waals surface area contributed by atoms with Crippen LogP contribution in [0.2, 0.25) is 0 Å². The molecule has 0 aliphatic heterocycles. The van der Waals surface area contributed by atoms with E-state index in [1.54, 1.807) is 6.07 Å². The van der Waals surface area contributed by atoms with Crippen LogP contribution >= 0.6 is 0 Å². The average molecular weight is 282 g/mol. The minimum Gasteiger partial charge on any atom is -0.366 e. The lowest BCUT2D eigenvalue weighted by Gasteiger charge is -2.09. The first-order valence-electron chi connectivity index (χ1n) is 7.22. The standard InChI is InChI=1S/C18H22N2O/c1-13-4-3-5-15(10-13)8-9-20-12-17-7-6-16(18(19)21)11-14(17)2/h3-7,10-11,20H,8-9,12H2,1-2H3,(H2,19,21). The molecule has 0 saturated heterocycles. The summed E-state index contributed by atoms with van der Waals surface area (Å²) >= 11 is 0. The molecule has 2 aromatic carbocycles. The SMILES string of the molecule is Cc1cccc(CCNCc2ccc(C(N)=O)cc2C)c1. The smallest absolute Gasteiger partial charge is 0.248 e. The Morgan fingerprint density at radius 3 is 2.62 bits per heavy atom. The predicted molar refractivity (Wildman–Crippen MR) is 86.3 cm³/mol. The molecule has 0 unspecified atom stereocenters. The van der Waals surface area contributed by atoms with Crippen molar-refractivity contribution in [1.82, 2.24) is 5.32 Å². The number of benzene rings is 2. The molecule has 3 N–H and O–H groups in total. The van der Waals surface area contributed by atoms with Crippen molar-refractivity contribution in [2.24, 2.45) is 5.73 Å². The second kappa shape index (κ2) is 7.04. The molecule has 2 rings (SSSR count). The molecular weight excluding hydrogens is 260 g/mol. The Kier molecular flexibility index (Phi) is 5.12. The molecule has 110 valence electrons. The van der Waals surface area contributed by atoms with Crippen molar-refractivity contribution in [3.63, 3.8) is 0 Å². The highest BCUT2D eigenvalue weighted by Gasteiger charge is 2.04. The average Bonchev–Trinajstić information content (AvgIpc) is 2.45. The van der Waals surface area contributed by atoms with E-state index in [1.165, 1.54) is 16.7 Å². The number of hydrogen-bond acceptors (Lipinski definition) is 2. The van der Waals surface area contributed by atoms with E-state index in [0.717, 1.165) is 25.1 Å². The van der Waals surface area contributed by atoms with Crippen molar-refractivity contribution in [1.29, 1.82) is 0 Å². The molecule has 0 saturated carbocycles. The van der Waals surface area contributed by atoms with Gasteiger partial charge in [-0.2, -0.15) is 0 Å². The van der Waals surface area contributed by atoms with Gasteiger partial charge in [-0.3, -0.25) is 4.79 Å². The Hall–Kier alpha value is -2.13. The van der Waals surface area contributed by atoms with Gasteiger partial charge in [0.25, 0.3) is 0 Å². The van der Waals surface area contributed by atoms with E-state index in [9.17, 15) is 4.79 Å². The second-order valence-electron chi connectivity index (χ2n) is 5.42. The number of amides is 1. The molecule has 21 heavy (non-hydrogen) atoms. The zero-order valence-electron chi connectivity index (χ0n) is 12.6. The minimum absolute atomic E-state index is 0.378. The molecule has 3 nitrogen and oxygen atoms in total. The van der Waals surface area contributed by atoms with Gasteiger partial charge in [-0.15, -0.1) is 0 Å². The summed E-state index contributed by atoms with van der Waals surface area (Å²) in [6.07, 6.45) is 1.01. The van der Waals surface area contributed by atoms with Crippen LogP contribution in [0.1, 0.15) is 32.6 Å². The van der Waals surface area contributed by atoms with Crippen molar-refractivity contribution < 1.29 is 4.79 Å². The van der Waals surface area contributed by atoms with E-state index in [2.05, 4.69) is 36.5 Å². The summed E-state index contributed by atoms with van der Waals surface area (Å²) in [4.78, 5) is 11.1. The Balaban J connectivity index is 1.85. The zero-order valence-corrected chi connectivity index (χ0v) is 12.6. The highest BCUT2D eigenvalue weighted by atomic mass is 16.1. The van der Waals surface area contributed by atoms with Crippen LogP contribution in [-0.4, -0.2) is 12.5 Å². The van der Waals surface area contributed by atoms with E-state index in [4.69, 9.17) is 5.73 Å². The zero-order chi connectivity index (χ0) is 15.2. The van der Waals surface area contributed by atoms with Crippen molar-refractivity contribution in [2.45, 2.75) is 26.8 Å². The van der Waals surface area contributed by atoms with Gasteiger partial charge in [-0.05, 0) is 55.6 Å². The third kappa shape index (κ3) is 4.43. The van der Waals surface area contributed by atoms with E-state index in [-0.39, 0.29) is 5.91 Å². The Morgan fingerprint density at radius 2 is 1.95 bits per heavy atom. The van der Waals surface area contributed by atoms with Crippen LogP contribution in [0.15, 0.2) is 42.5 Å². The molecule has 0 fully saturated rings. The van der Waals surface area contributed by atoms with E-state index in [1.807, 2.05) is 19.1 Å². The Morgan fingerprint density at radius 1 is 1.14 bits per heavy atom. The monoisotopic (exact) mass is 282 g/mol. The first-order chi connectivity index (χ1) is 10.1. The van der Waals surface area contributed by atoms with Crippen molar-refractivity contribution >= 4 is 5.91 Å². The number of nitrogens with two attached hydrogens (primary N) is 1. The Bertz CT molecular complexity index is 635. The lowest BCUT2D eigenvalue weighted by molar-refractivity contribution is 0.1000. The van der Waals surface area contributed by atoms with Crippen LogP contribution < -0.4 is 11.1 Å². The summed E-state index contributed by atoms with van der Waals surface area (Å²) < 4.78 is 0. The van der Waals surface area contributed by atoms with Gasteiger partial charge < -0.3 is 11.1 Å². The first-order valence-corrected chi connectivity index (χ1v) is 7.22. The molecule has 0 aliphatic rings. The largest absolute Gasteiger partial charge is 0.366 e. The molecule has 0 radical (unpaired) electrons. The first kappa shape index (κ1) is 15.3. The fourth-order valence-electron chi connectivity index (χ4n) is 2.37. The highest BCUT2D eigenvalue weighted by molar-refractivity contribution is 5.93. The molecule has 0 aromatic heterocycles. The van der Waals surface area contributed by atoms with Crippen molar-refractivity contribution in [3.8, 4) is 0 Å². The molecule has 3 heteroatoms. The molecular formula is C18H22N2O. The molecule has 0 aliphatic carbocycles. The quantitative estimate of drug-likeness (QED) is 0.800. The molecule has 0 bridgehead atoms. The molecule has 0 atom stereocenters. The maximum Gasteiger partial charge on any atom is 0.248 e. The van der Waals surface area contributed by atoms with Gasteiger partial charge in [0.15, 0.2) is 0 Å². The van der Waals surface area contributed by atoms with Gasteiger partial charge in [0, 0.05) is 12.1 Å². The fraction of sp³-hybridized carbons (Fsp3) is 0.278. The maximum atomic E-state index is 11.1. The van der Waals surface area contributed by atoms with Crippen molar-refractivity contribution in [2.75, 3.05) is 6.54 Å². The van der Waals surface area contributed by atoms with Crippen LogP contribution in [0.5, 0.6) is 0 Å². The lowest BCUT2D eigenvalue weighted by Crippen LogP contribution is -2.18. The van der Waals surface area contributed by atoms with E-state index >= 15 is 0 Å². The third-order valence-electron chi connectivity index (χ3n) is 3.62. The minimum atomic E-state index is -0.378. The summed E-state index contributed by atoms with van der Waals surface area (Å²) in [5.74, 6) is -0.378. The van der Waals surface area contributed by atoms with Crippen molar-refractivity contribution in [3.05, 3.63) is 70.3 Å². The molecule has 2 aromatic rings. The number of hydrogen-bond donors (Lipinski definition) is 2. The van der Waals surface area contributed by atoms with Gasteiger partial charge in [0.05, 0.1) is 0 Å². The van der Waals surface area contributed by atoms with Crippen LogP contribution in [0.25, 0.3) is 0 Å². The van der Waals surface area contributed by atoms with Crippen LogP contribution in [0, 0.1) is 13.8 Å². The number of primary amides is 1. The second-order valence-corrected chi connectivity index (χ2v) is 5.42. The molecule has 0 spiro atoms. The van der Waals surface area contributed by atoms with Gasteiger partial charge in [-0.1, -0.05) is 35.9 Å². The van der Waals surface area contributed by atoms with E-state index in [0.29, 0.717) is 5.56 Å². The number of rotatable bonds is 6. The van der Waals surface area contributed by atoms with Gasteiger partial charge >= 0.3 is 0 Å². The summed E-state index contributed by atoms with van der Waals surface area (Å²) in [5, 5.41) is 3.44. The van der Waals surface area contributed by atoms with Gasteiger partial charge in [0.1, 0.15) is 0 Å². The summed E-state index contributed by atoms with van der Waals surface area (Å²) in [7, 11) is 0. The third-order valence-corrected chi connectivity index (χ3v) is 3.62. The highest BCUT2D eigenvalue weighted by Crippen LogP contribution is 2.11. The predicted octanol–water partition coefficient (Wildman–Crippen LogP) is 2.73. The summed E-state index contributed by atoms with van der Waals surface area (Å²) in [6, 6.07) is 14.2. The number of carbonyl (C=O) groups is 1. The maximum absolute atomic E-state index is 11.1. The topological polar surface area (TPSA) is 55.1 Å². The lowest BCUT2D eigenvalue weighted by atomic mass is 10.0. The summed E-state index contributed by atoms with van der Waals surface area (Å²) in [5.41, 5.74) is 10.8. The number of aryl methyl sites for hydroxylation is 2. The normalized spacial score (nSPS) is 10.6. The summed E-state index contributed by atoms with van der Waals surface area (Å²) in [6.45, 7) is 5.85. The van der Waals surface area contributed by atoms with Crippen LogP contribution in [0.4, 0.5) is 0 Å². The fourth-order valence-corrected chi connectivity index (χ4v) is 2.37. The Labute approximate surface area is 126 Å². The number of nitrogens with one attached hydrogen (secondary N) is 1. The molecule has 1 amide bonds. The van der Waals surface area contributed by atoms with Gasteiger partial charge in [0.2, 0.25) is 5.91 Å².